The summed E-state index contributed by atoms with van der Waals surface area (Å²) in [6.45, 7) is 7.78. The normalized spacial score (nSPS) is 15.6. The van der Waals surface area contributed by atoms with Crippen molar-refractivity contribution in [1.82, 2.24) is 5.32 Å². The monoisotopic (exact) mass is 275 g/mol. The fraction of sp³-hybridized carbons (Fsp3) is 0.846. The van der Waals surface area contributed by atoms with E-state index in [1.54, 1.807) is 0 Å². The molecule has 0 rings (SSSR count). The molecule has 0 aliphatic heterocycles. The zero-order valence-corrected chi connectivity index (χ0v) is 12.8. The molecule has 0 spiro atoms. The Balaban J connectivity index is 3.97. The highest BCUT2D eigenvalue weighted by atomic mass is 32.2. The van der Waals surface area contributed by atoms with Crippen LogP contribution in [-0.4, -0.2) is 36.0 Å². The van der Waals surface area contributed by atoms with Crippen molar-refractivity contribution in [3.8, 4) is 0 Å². The van der Waals surface area contributed by atoms with E-state index in [9.17, 15) is 9.59 Å². The molecule has 0 aliphatic carbocycles. The molecule has 0 fully saturated rings. The van der Waals surface area contributed by atoms with Gasteiger partial charge in [-0.1, -0.05) is 20.3 Å². The number of methoxy groups -OCH3 is 1. The summed E-state index contributed by atoms with van der Waals surface area (Å²) in [5.74, 6) is 0.236. The van der Waals surface area contributed by atoms with Crippen LogP contribution in [0.4, 0.5) is 0 Å². The molecular weight excluding hydrogens is 250 g/mol. The van der Waals surface area contributed by atoms with Crippen LogP contribution < -0.4 is 5.32 Å². The molecular formula is C13H25NO3S. The van der Waals surface area contributed by atoms with Gasteiger partial charge in [0.1, 0.15) is 0 Å². The van der Waals surface area contributed by atoms with Gasteiger partial charge in [0.2, 0.25) is 5.91 Å². The Kier molecular flexibility index (Phi) is 8.89. The van der Waals surface area contributed by atoms with Crippen LogP contribution in [0.2, 0.25) is 0 Å². The first-order chi connectivity index (χ1) is 8.42. The fourth-order valence-electron chi connectivity index (χ4n) is 1.50. The van der Waals surface area contributed by atoms with Crippen molar-refractivity contribution >= 4 is 23.6 Å². The molecule has 1 amide bonds. The molecule has 3 unspecified atom stereocenters. The molecule has 1 N–H and O–H groups in total. The summed E-state index contributed by atoms with van der Waals surface area (Å²) < 4.78 is 4.65. The first-order valence-corrected chi connectivity index (χ1v) is 7.47. The lowest BCUT2D eigenvalue weighted by molar-refractivity contribution is -0.144. The Morgan fingerprint density at radius 3 is 2.39 bits per heavy atom. The van der Waals surface area contributed by atoms with Crippen LogP contribution in [0.5, 0.6) is 0 Å². The Morgan fingerprint density at radius 2 is 1.89 bits per heavy atom. The molecule has 0 saturated heterocycles. The summed E-state index contributed by atoms with van der Waals surface area (Å²) in [5.41, 5.74) is 0. The number of amides is 1. The third kappa shape index (κ3) is 6.89. The maximum Gasteiger partial charge on any atom is 0.309 e. The number of esters is 1. The maximum absolute atomic E-state index is 11.8. The molecule has 0 heterocycles. The second-order valence-electron chi connectivity index (χ2n) is 4.60. The van der Waals surface area contributed by atoms with Crippen LogP contribution in [0.25, 0.3) is 0 Å². The highest BCUT2D eigenvalue weighted by Gasteiger charge is 2.19. The minimum atomic E-state index is -0.227. The molecule has 5 heteroatoms. The van der Waals surface area contributed by atoms with Gasteiger partial charge in [-0.3, -0.25) is 9.59 Å². The number of rotatable bonds is 8. The van der Waals surface area contributed by atoms with Gasteiger partial charge in [0.15, 0.2) is 0 Å². The van der Waals surface area contributed by atoms with Crippen LogP contribution in [0.15, 0.2) is 0 Å². The van der Waals surface area contributed by atoms with Gasteiger partial charge in [-0.15, -0.1) is 11.8 Å². The molecule has 0 bridgehead atoms. The summed E-state index contributed by atoms with van der Waals surface area (Å²) in [5, 5.41) is 2.83. The highest BCUT2D eigenvalue weighted by Crippen LogP contribution is 2.16. The molecule has 0 aromatic carbocycles. The van der Waals surface area contributed by atoms with Gasteiger partial charge in [-0.05, 0) is 20.3 Å². The van der Waals surface area contributed by atoms with E-state index in [1.807, 2.05) is 20.8 Å². The summed E-state index contributed by atoms with van der Waals surface area (Å²) in [6, 6.07) is 0.212. The zero-order chi connectivity index (χ0) is 14.1. The Labute approximate surface area is 114 Å². The van der Waals surface area contributed by atoms with E-state index in [0.717, 1.165) is 12.8 Å². The van der Waals surface area contributed by atoms with E-state index in [0.29, 0.717) is 5.75 Å². The quantitative estimate of drug-likeness (QED) is 0.690. The van der Waals surface area contributed by atoms with Crippen molar-refractivity contribution in [3.05, 3.63) is 0 Å². The standard InChI is InChI=1S/C13H25NO3S/c1-6-7-10(3)14-12(15)11(4)18-8-9(2)13(16)17-5/h9-11H,6-8H2,1-5H3,(H,14,15). The van der Waals surface area contributed by atoms with Crippen molar-refractivity contribution in [2.45, 2.75) is 51.8 Å². The van der Waals surface area contributed by atoms with Crippen molar-refractivity contribution in [1.29, 1.82) is 0 Å². The largest absolute Gasteiger partial charge is 0.469 e. The third-order valence-corrected chi connectivity index (χ3v) is 4.09. The van der Waals surface area contributed by atoms with Gasteiger partial charge in [-0.2, -0.15) is 0 Å². The predicted molar refractivity (Wildman–Crippen MR) is 75.6 cm³/mol. The molecule has 0 saturated carbocycles. The molecule has 0 radical (unpaired) electrons. The van der Waals surface area contributed by atoms with Gasteiger partial charge in [0, 0.05) is 11.8 Å². The van der Waals surface area contributed by atoms with Gasteiger partial charge in [0.05, 0.1) is 18.3 Å². The molecule has 0 aliphatic rings. The minimum Gasteiger partial charge on any atom is -0.469 e. The van der Waals surface area contributed by atoms with Crippen molar-refractivity contribution < 1.29 is 14.3 Å². The minimum absolute atomic E-state index is 0.0398. The van der Waals surface area contributed by atoms with Crippen LogP contribution in [0.3, 0.4) is 0 Å². The molecule has 0 aromatic heterocycles. The number of thioether (sulfide) groups is 1. The fourth-order valence-corrected chi connectivity index (χ4v) is 2.43. The average molecular weight is 275 g/mol. The van der Waals surface area contributed by atoms with Crippen molar-refractivity contribution in [2.75, 3.05) is 12.9 Å². The zero-order valence-electron chi connectivity index (χ0n) is 12.0. The van der Waals surface area contributed by atoms with E-state index in [4.69, 9.17) is 0 Å². The van der Waals surface area contributed by atoms with Crippen LogP contribution >= 0.6 is 11.8 Å². The van der Waals surface area contributed by atoms with Crippen molar-refractivity contribution in [2.24, 2.45) is 5.92 Å². The van der Waals surface area contributed by atoms with E-state index < -0.39 is 0 Å². The van der Waals surface area contributed by atoms with Gasteiger partial charge >= 0.3 is 5.97 Å². The number of carbonyl (C=O) groups is 2. The lowest BCUT2D eigenvalue weighted by atomic mass is 10.2. The number of hydrogen-bond acceptors (Lipinski definition) is 4. The van der Waals surface area contributed by atoms with E-state index in [-0.39, 0.29) is 29.1 Å². The smallest absolute Gasteiger partial charge is 0.309 e. The average Bonchev–Trinajstić information content (AvgIpc) is 2.34. The Bertz CT molecular complexity index is 271. The summed E-state index contributed by atoms with van der Waals surface area (Å²) in [4.78, 5) is 23.1. The van der Waals surface area contributed by atoms with Crippen LogP contribution in [0.1, 0.15) is 40.5 Å². The lowest BCUT2D eigenvalue weighted by Crippen LogP contribution is -2.37. The Morgan fingerprint density at radius 1 is 1.28 bits per heavy atom. The number of ether oxygens (including phenoxy) is 1. The van der Waals surface area contributed by atoms with Gasteiger partial charge in [0.25, 0.3) is 0 Å². The van der Waals surface area contributed by atoms with Gasteiger partial charge in [-0.25, -0.2) is 0 Å². The molecule has 106 valence electrons. The van der Waals surface area contributed by atoms with Crippen molar-refractivity contribution in [3.63, 3.8) is 0 Å². The van der Waals surface area contributed by atoms with E-state index in [2.05, 4.69) is 17.0 Å². The summed E-state index contributed by atoms with van der Waals surface area (Å²) >= 11 is 1.48. The van der Waals surface area contributed by atoms with Gasteiger partial charge < -0.3 is 10.1 Å². The second kappa shape index (κ2) is 9.25. The summed E-state index contributed by atoms with van der Waals surface area (Å²) in [6.07, 6.45) is 2.05. The Hall–Kier alpha value is -0.710. The van der Waals surface area contributed by atoms with Crippen LogP contribution in [0, 0.1) is 5.92 Å². The van der Waals surface area contributed by atoms with E-state index >= 15 is 0 Å². The second-order valence-corrected chi connectivity index (χ2v) is 5.97. The molecule has 18 heavy (non-hydrogen) atoms. The van der Waals surface area contributed by atoms with Crippen LogP contribution in [-0.2, 0) is 14.3 Å². The highest BCUT2D eigenvalue weighted by molar-refractivity contribution is 8.00. The molecule has 4 nitrogen and oxygen atoms in total. The predicted octanol–water partition coefficient (Wildman–Crippen LogP) is 2.22. The number of hydrogen-bond donors (Lipinski definition) is 1. The van der Waals surface area contributed by atoms with E-state index in [1.165, 1.54) is 18.9 Å². The topological polar surface area (TPSA) is 55.4 Å². The molecule has 0 aromatic rings. The SMILES string of the molecule is CCCC(C)NC(=O)C(C)SCC(C)C(=O)OC. The third-order valence-electron chi connectivity index (χ3n) is 2.68. The number of nitrogens with one attached hydrogen (secondary N) is 1. The summed E-state index contributed by atoms with van der Waals surface area (Å²) in [7, 11) is 1.38. The number of carbonyl (C=O) groups excluding carboxylic acids is 2. The first-order valence-electron chi connectivity index (χ1n) is 6.42. The first kappa shape index (κ1) is 17.3. The lowest BCUT2D eigenvalue weighted by Gasteiger charge is -2.17. The molecule has 3 atom stereocenters. The maximum atomic E-state index is 11.8.